The number of aliphatic hydroxyl groups is 2. The summed E-state index contributed by atoms with van der Waals surface area (Å²) < 4.78 is 0. The molecule has 2 saturated carbocycles. The Hall–Kier alpha value is -0.830. The fraction of sp³-hybridized carbons (Fsp3) is 0.842. The highest BCUT2D eigenvalue weighted by Gasteiger charge is 2.59. The van der Waals surface area contributed by atoms with Crippen molar-refractivity contribution in [2.24, 2.45) is 28.1 Å². The van der Waals surface area contributed by atoms with Crippen molar-refractivity contribution in [3.05, 3.63) is 11.3 Å². The lowest BCUT2D eigenvalue weighted by molar-refractivity contribution is -0.137. The van der Waals surface area contributed by atoms with Crippen LogP contribution in [0.15, 0.2) is 11.3 Å². The fourth-order valence-corrected chi connectivity index (χ4v) is 5.78. The Morgan fingerprint density at radius 3 is 2.50 bits per heavy atom. The molecule has 22 heavy (non-hydrogen) atoms. The second-order valence-electron chi connectivity index (χ2n) is 8.99. The zero-order valence-corrected chi connectivity index (χ0v) is 14.4. The third kappa shape index (κ3) is 2.01. The highest BCUT2D eigenvalue weighted by molar-refractivity contribution is 5.95. The van der Waals surface area contributed by atoms with Gasteiger partial charge in [0.1, 0.15) is 0 Å². The number of hydrogen-bond acceptors (Lipinski definition) is 3. The van der Waals surface area contributed by atoms with E-state index in [1.807, 2.05) is 6.92 Å². The van der Waals surface area contributed by atoms with Crippen molar-refractivity contribution >= 4 is 5.78 Å². The monoisotopic (exact) mass is 306 g/mol. The van der Waals surface area contributed by atoms with Crippen LogP contribution in [0.2, 0.25) is 0 Å². The number of fused-ring (bicyclic) bond motifs is 3. The average molecular weight is 306 g/mol. The highest BCUT2D eigenvalue weighted by Crippen LogP contribution is 2.66. The first kappa shape index (κ1) is 16.0. The van der Waals surface area contributed by atoms with Gasteiger partial charge < -0.3 is 10.2 Å². The van der Waals surface area contributed by atoms with Crippen LogP contribution in [0.3, 0.4) is 0 Å². The first-order valence-electron chi connectivity index (χ1n) is 8.71. The van der Waals surface area contributed by atoms with Crippen LogP contribution in [0.25, 0.3) is 0 Å². The topological polar surface area (TPSA) is 57.5 Å². The molecule has 0 aromatic carbocycles. The smallest absolute Gasteiger partial charge is 0.197 e. The number of carbonyl (C=O) groups is 1. The number of rotatable bonds is 1. The van der Waals surface area contributed by atoms with Gasteiger partial charge >= 0.3 is 0 Å². The third-order valence-electron chi connectivity index (χ3n) is 7.76. The number of ketones is 1. The largest absolute Gasteiger partial charge is 0.504 e. The van der Waals surface area contributed by atoms with Gasteiger partial charge in [0.15, 0.2) is 11.5 Å². The molecule has 3 rings (SSSR count). The van der Waals surface area contributed by atoms with Crippen LogP contribution in [0.5, 0.6) is 0 Å². The lowest BCUT2D eigenvalue weighted by Crippen LogP contribution is -2.55. The number of carbonyl (C=O) groups excluding carboxylic acids is 1. The van der Waals surface area contributed by atoms with E-state index in [-0.39, 0.29) is 34.4 Å². The molecule has 124 valence electrons. The van der Waals surface area contributed by atoms with Gasteiger partial charge in [-0.2, -0.15) is 0 Å². The number of aliphatic hydroxyl groups excluding tert-OH is 2. The molecule has 0 heterocycles. The second kappa shape index (κ2) is 4.83. The summed E-state index contributed by atoms with van der Waals surface area (Å²) in [7, 11) is 0. The molecule has 0 bridgehead atoms. The Labute approximate surface area is 133 Å². The first-order valence-corrected chi connectivity index (χ1v) is 8.71. The zero-order valence-electron chi connectivity index (χ0n) is 14.4. The van der Waals surface area contributed by atoms with Gasteiger partial charge in [0.05, 0.1) is 0 Å². The molecule has 3 aliphatic rings. The summed E-state index contributed by atoms with van der Waals surface area (Å²) in [5.74, 6) is 0.858. The Kier molecular flexibility index (Phi) is 3.52. The first-order chi connectivity index (χ1) is 10.2. The van der Waals surface area contributed by atoms with Crippen LogP contribution in [-0.2, 0) is 4.79 Å². The van der Waals surface area contributed by atoms with Crippen molar-refractivity contribution in [1.82, 2.24) is 0 Å². The van der Waals surface area contributed by atoms with Crippen LogP contribution in [0, 0.1) is 28.1 Å². The van der Waals surface area contributed by atoms with Crippen molar-refractivity contribution in [2.45, 2.75) is 66.2 Å². The molecule has 0 aromatic rings. The van der Waals surface area contributed by atoms with Crippen molar-refractivity contribution < 1.29 is 15.0 Å². The molecule has 0 unspecified atom stereocenters. The molecule has 3 heteroatoms. The molecule has 0 radical (unpaired) electrons. The Morgan fingerprint density at radius 2 is 1.86 bits per heavy atom. The predicted molar refractivity (Wildman–Crippen MR) is 86.4 cm³/mol. The van der Waals surface area contributed by atoms with E-state index < -0.39 is 0 Å². The maximum Gasteiger partial charge on any atom is 0.197 e. The quantitative estimate of drug-likeness (QED) is 0.769. The summed E-state index contributed by atoms with van der Waals surface area (Å²) >= 11 is 0. The van der Waals surface area contributed by atoms with Gasteiger partial charge in [0.2, 0.25) is 0 Å². The van der Waals surface area contributed by atoms with E-state index in [1.54, 1.807) is 0 Å². The zero-order chi connectivity index (χ0) is 16.3. The maximum atomic E-state index is 12.3. The van der Waals surface area contributed by atoms with Gasteiger partial charge in [-0.1, -0.05) is 20.8 Å². The average Bonchev–Trinajstić information content (AvgIpc) is 2.49. The van der Waals surface area contributed by atoms with E-state index in [9.17, 15) is 15.0 Å². The van der Waals surface area contributed by atoms with Crippen LogP contribution >= 0.6 is 0 Å². The molecule has 2 fully saturated rings. The summed E-state index contributed by atoms with van der Waals surface area (Å²) in [5.41, 5.74) is 1.06. The molecule has 0 amide bonds. The Balaban J connectivity index is 1.99. The summed E-state index contributed by atoms with van der Waals surface area (Å²) in [6.07, 6.45) is 5.85. The van der Waals surface area contributed by atoms with Gasteiger partial charge in [-0.15, -0.1) is 0 Å². The molecule has 0 spiro atoms. The summed E-state index contributed by atoms with van der Waals surface area (Å²) in [6.45, 7) is 9.02. The maximum absolute atomic E-state index is 12.3. The molecular formula is C19H30O3. The minimum Gasteiger partial charge on any atom is -0.504 e. The van der Waals surface area contributed by atoms with Crippen LogP contribution < -0.4 is 0 Å². The molecule has 3 aliphatic carbocycles. The highest BCUT2D eigenvalue weighted by atomic mass is 16.3. The summed E-state index contributed by atoms with van der Waals surface area (Å²) in [4.78, 5) is 12.3. The summed E-state index contributed by atoms with van der Waals surface area (Å²) in [5, 5.41) is 19.9. The van der Waals surface area contributed by atoms with Gasteiger partial charge in [-0.25, -0.2) is 0 Å². The van der Waals surface area contributed by atoms with E-state index >= 15 is 0 Å². The standard InChI is InChI=1S/C19H30O3/c1-12-16(22)14(21)9-15-18(12,3)6-5-13-10-17(2,11-20)7-8-19(13,15)4/h13,15,20,22H,5-11H2,1-4H3/t13-,15-,17-,18+,19-/m0/s1. The Morgan fingerprint density at radius 1 is 1.18 bits per heavy atom. The van der Waals surface area contributed by atoms with Crippen molar-refractivity contribution in [3.8, 4) is 0 Å². The van der Waals surface area contributed by atoms with Gasteiger partial charge in [0.25, 0.3) is 0 Å². The predicted octanol–water partition coefficient (Wildman–Crippen LogP) is 4.01. The number of Topliss-reactive ketones (excluding diaryl/α,β-unsaturated/α-hetero) is 1. The summed E-state index contributed by atoms with van der Waals surface area (Å²) in [6, 6.07) is 0. The number of allylic oxidation sites excluding steroid dienone is 2. The van der Waals surface area contributed by atoms with Gasteiger partial charge in [0, 0.05) is 13.0 Å². The molecule has 5 atom stereocenters. The second-order valence-corrected chi connectivity index (χ2v) is 8.99. The van der Waals surface area contributed by atoms with Crippen LogP contribution in [0.4, 0.5) is 0 Å². The number of hydrogen-bond donors (Lipinski definition) is 2. The SMILES string of the molecule is CC1=C(O)C(=O)C[C@@H]2[C@@]3(C)CC[C@](C)(CO)C[C@@H]3CC[C@]12C. The van der Waals surface area contributed by atoms with Crippen molar-refractivity contribution in [1.29, 1.82) is 0 Å². The van der Waals surface area contributed by atoms with E-state index in [1.165, 1.54) is 0 Å². The molecule has 0 saturated heterocycles. The minimum atomic E-state index is -0.0719. The lowest BCUT2D eigenvalue weighted by Gasteiger charge is -2.62. The molecule has 0 aromatic heterocycles. The minimum absolute atomic E-state index is 0.0248. The molecule has 3 nitrogen and oxygen atoms in total. The van der Waals surface area contributed by atoms with E-state index in [4.69, 9.17) is 0 Å². The lowest BCUT2D eigenvalue weighted by atomic mass is 9.42. The van der Waals surface area contributed by atoms with Crippen molar-refractivity contribution in [2.75, 3.05) is 6.61 Å². The van der Waals surface area contributed by atoms with Crippen molar-refractivity contribution in [3.63, 3.8) is 0 Å². The van der Waals surface area contributed by atoms with Gasteiger partial charge in [-0.3, -0.25) is 4.79 Å². The van der Waals surface area contributed by atoms with E-state index in [0.717, 1.165) is 37.7 Å². The van der Waals surface area contributed by atoms with Crippen LogP contribution in [-0.4, -0.2) is 22.6 Å². The Bertz CT molecular complexity index is 537. The molecule has 2 N–H and O–H groups in total. The molecular weight excluding hydrogens is 276 g/mol. The molecule has 0 aliphatic heterocycles. The fourth-order valence-electron chi connectivity index (χ4n) is 5.78. The van der Waals surface area contributed by atoms with E-state index in [2.05, 4.69) is 20.8 Å². The normalized spacial score (nSPS) is 48.9. The van der Waals surface area contributed by atoms with E-state index in [0.29, 0.717) is 18.3 Å². The third-order valence-corrected chi connectivity index (χ3v) is 7.76. The van der Waals surface area contributed by atoms with Crippen LogP contribution in [0.1, 0.15) is 66.2 Å². The van der Waals surface area contributed by atoms with Gasteiger partial charge in [-0.05, 0) is 72.7 Å².